The van der Waals surface area contributed by atoms with Gasteiger partial charge in [-0.1, -0.05) is 36.4 Å². The fourth-order valence-electron chi connectivity index (χ4n) is 5.25. The third-order valence-corrected chi connectivity index (χ3v) is 7.14. The third kappa shape index (κ3) is 5.98. The molecule has 0 aliphatic rings. The Balaban J connectivity index is 0.000000170. The van der Waals surface area contributed by atoms with Gasteiger partial charge in [0.25, 0.3) is 0 Å². The summed E-state index contributed by atoms with van der Waals surface area (Å²) in [6.07, 6.45) is 5.38. The van der Waals surface area contributed by atoms with Gasteiger partial charge in [-0.3, -0.25) is 14.6 Å². The van der Waals surface area contributed by atoms with Gasteiger partial charge in [-0.25, -0.2) is 4.98 Å². The van der Waals surface area contributed by atoms with E-state index in [0.29, 0.717) is 5.89 Å². The van der Waals surface area contributed by atoms with Crippen molar-refractivity contribution in [3.63, 3.8) is 0 Å². The molecule has 0 atom stereocenters. The predicted octanol–water partition coefficient (Wildman–Crippen LogP) is 7.75. The second-order valence-electron chi connectivity index (χ2n) is 10.2. The Bertz CT molecular complexity index is 1960. The van der Waals surface area contributed by atoms with Gasteiger partial charge in [0.15, 0.2) is 5.89 Å². The zero-order valence-electron chi connectivity index (χ0n) is 24.6. The van der Waals surface area contributed by atoms with Crippen molar-refractivity contribution >= 4 is 11.1 Å². The van der Waals surface area contributed by atoms with Crippen LogP contribution in [0.3, 0.4) is 0 Å². The van der Waals surface area contributed by atoms with Gasteiger partial charge in [0.1, 0.15) is 6.33 Å². The molecule has 3 aromatic heterocycles. The molecular formula is C35H30IrN6O-2. The maximum absolute atomic E-state index is 5.52. The monoisotopic (exact) mass is 743 g/mol. The van der Waals surface area contributed by atoms with Crippen LogP contribution in [0.25, 0.3) is 45.3 Å². The van der Waals surface area contributed by atoms with Crippen LogP contribution in [0.4, 0.5) is 0 Å². The quantitative estimate of drug-likeness (QED) is 0.173. The fourth-order valence-corrected chi connectivity index (χ4v) is 5.25. The van der Waals surface area contributed by atoms with Gasteiger partial charge in [-0.05, 0) is 49.9 Å². The fraction of sp³-hybridized carbons (Fsp3) is 0.143. The molecule has 7 rings (SSSR count). The van der Waals surface area contributed by atoms with E-state index in [4.69, 9.17) is 4.42 Å². The number of benzene rings is 4. The van der Waals surface area contributed by atoms with Crippen LogP contribution >= 0.6 is 0 Å². The van der Waals surface area contributed by atoms with Crippen molar-refractivity contribution in [2.75, 3.05) is 0 Å². The molecule has 0 N–H and O–H groups in total. The molecule has 0 unspecified atom stereocenters. The first-order valence-corrected chi connectivity index (χ1v) is 13.7. The molecule has 0 spiro atoms. The van der Waals surface area contributed by atoms with Gasteiger partial charge < -0.3 is 8.98 Å². The number of para-hydroxylation sites is 2. The molecule has 7 nitrogen and oxygen atoms in total. The van der Waals surface area contributed by atoms with Crippen LogP contribution in [-0.2, 0) is 20.1 Å². The van der Waals surface area contributed by atoms with Crippen LogP contribution in [0, 0.1) is 46.8 Å². The van der Waals surface area contributed by atoms with Crippen molar-refractivity contribution in [1.82, 2.24) is 29.3 Å². The van der Waals surface area contributed by atoms with E-state index >= 15 is 0 Å². The molecule has 3 heterocycles. The summed E-state index contributed by atoms with van der Waals surface area (Å²) in [5, 5.41) is 4.37. The molecule has 217 valence electrons. The van der Waals surface area contributed by atoms with Crippen LogP contribution < -0.4 is 0 Å². The number of hydrogen-bond acceptors (Lipinski definition) is 5. The Kier molecular flexibility index (Phi) is 8.81. The van der Waals surface area contributed by atoms with Gasteiger partial charge >= 0.3 is 0 Å². The van der Waals surface area contributed by atoms with Crippen LogP contribution in [0.5, 0.6) is 0 Å². The molecule has 0 amide bonds. The average Bonchev–Trinajstić information content (AvgIpc) is 3.73. The molecule has 0 saturated heterocycles. The number of fused-ring (bicyclic) bond motifs is 1. The predicted molar refractivity (Wildman–Crippen MR) is 165 cm³/mol. The molecule has 43 heavy (non-hydrogen) atoms. The molecule has 0 aliphatic carbocycles. The number of imidazole rings is 1. The average molecular weight is 743 g/mol. The zero-order chi connectivity index (χ0) is 29.2. The van der Waals surface area contributed by atoms with E-state index in [2.05, 4.69) is 101 Å². The molecular weight excluding hydrogens is 713 g/mol. The van der Waals surface area contributed by atoms with Crippen LogP contribution in [0.15, 0.2) is 95.9 Å². The Hall–Kier alpha value is -4.65. The number of hydrogen-bond donors (Lipinski definition) is 0. The summed E-state index contributed by atoms with van der Waals surface area (Å²) in [7, 11) is 0. The summed E-state index contributed by atoms with van der Waals surface area (Å²) in [6, 6.07) is 30.6. The van der Waals surface area contributed by atoms with Gasteiger partial charge in [-0.15, -0.1) is 59.7 Å². The van der Waals surface area contributed by atoms with Gasteiger partial charge in [-0.2, -0.15) is 5.10 Å². The molecule has 1 radical (unpaired) electrons. The molecule has 0 bridgehead atoms. The third-order valence-electron chi connectivity index (χ3n) is 7.14. The van der Waals surface area contributed by atoms with Crippen molar-refractivity contribution in [2.45, 2.75) is 34.6 Å². The largest absolute Gasteiger partial charge is 0.488 e. The maximum Gasteiger partial charge on any atom is 0.180 e. The van der Waals surface area contributed by atoms with Crippen LogP contribution in [0.2, 0.25) is 0 Å². The Labute approximate surface area is 264 Å². The Morgan fingerprint density at radius 2 is 1.42 bits per heavy atom. The summed E-state index contributed by atoms with van der Waals surface area (Å²) in [5.41, 5.74) is 10.5. The minimum Gasteiger partial charge on any atom is -0.488 e. The summed E-state index contributed by atoms with van der Waals surface area (Å²) in [5.74, 6) is 2.33. The van der Waals surface area contributed by atoms with E-state index < -0.39 is 0 Å². The van der Waals surface area contributed by atoms with Crippen molar-refractivity contribution in [2.24, 2.45) is 0 Å². The van der Waals surface area contributed by atoms with Crippen LogP contribution in [-0.4, -0.2) is 29.3 Å². The van der Waals surface area contributed by atoms with Crippen LogP contribution in [0.1, 0.15) is 28.1 Å². The summed E-state index contributed by atoms with van der Waals surface area (Å²) in [4.78, 5) is 13.3. The van der Waals surface area contributed by atoms with Gasteiger partial charge in [0, 0.05) is 50.6 Å². The SMILES string of the molecule is Cc1cccc(C)c1-n1ncnc1-c1[c-]cccc1.Cc1nc2cc(-c3nccn3-c3c(C)cccc3C)[c-]cc2o1.[Ir]. The Morgan fingerprint density at radius 3 is 2.09 bits per heavy atom. The van der Waals surface area contributed by atoms with Crippen molar-refractivity contribution < 1.29 is 24.5 Å². The standard InChI is InChI=1S/C19H16N3O.C16H14N3.Ir/c1-12-5-4-6-13(2)18(12)22-10-9-20-19(22)15-7-8-17-16(11-15)21-14(3)23-17;1-12-7-6-8-13(2)15(12)19-16(17-11-18-19)14-9-4-3-5-10-14;/h4-6,8-11H,1-3H3;3-9,11H,1-2H3;/q2*-1;. The first-order chi connectivity index (χ1) is 20.4. The second-order valence-corrected chi connectivity index (χ2v) is 10.2. The topological polar surface area (TPSA) is 74.6 Å². The first-order valence-electron chi connectivity index (χ1n) is 13.7. The van der Waals surface area contributed by atoms with E-state index in [9.17, 15) is 0 Å². The van der Waals surface area contributed by atoms with Gasteiger partial charge in [0.2, 0.25) is 0 Å². The number of aromatic nitrogens is 6. The molecule has 7 aromatic rings. The zero-order valence-corrected chi connectivity index (χ0v) is 27.0. The van der Waals surface area contributed by atoms with Crippen molar-refractivity contribution in [1.29, 1.82) is 0 Å². The first kappa shape index (κ1) is 29.8. The number of aryl methyl sites for hydroxylation is 5. The van der Waals surface area contributed by atoms with E-state index in [0.717, 1.165) is 45.3 Å². The van der Waals surface area contributed by atoms with E-state index in [1.165, 1.54) is 22.3 Å². The van der Waals surface area contributed by atoms with Gasteiger partial charge in [0.05, 0.1) is 22.9 Å². The summed E-state index contributed by atoms with van der Waals surface area (Å²) < 4.78 is 9.52. The van der Waals surface area contributed by atoms with E-state index in [1.54, 1.807) is 6.33 Å². The number of nitrogens with zero attached hydrogens (tertiary/aromatic N) is 6. The minimum absolute atomic E-state index is 0. The molecule has 0 saturated carbocycles. The van der Waals surface area contributed by atoms with Crippen molar-refractivity contribution in [3.8, 4) is 34.2 Å². The maximum atomic E-state index is 5.52. The normalized spacial score (nSPS) is 10.7. The molecule has 8 heteroatoms. The Morgan fingerprint density at radius 1 is 0.721 bits per heavy atom. The van der Waals surface area contributed by atoms with Crippen molar-refractivity contribution in [3.05, 3.63) is 132 Å². The second kappa shape index (κ2) is 12.7. The molecule has 4 aromatic carbocycles. The molecule has 0 aliphatic heterocycles. The van der Waals surface area contributed by atoms with E-state index in [-0.39, 0.29) is 20.1 Å². The number of oxazole rings is 1. The summed E-state index contributed by atoms with van der Waals surface area (Å²) >= 11 is 0. The smallest absolute Gasteiger partial charge is 0.180 e. The minimum atomic E-state index is 0. The summed E-state index contributed by atoms with van der Waals surface area (Å²) in [6.45, 7) is 10.2. The van der Waals surface area contributed by atoms with E-state index in [1.807, 2.05) is 60.4 Å². The molecule has 0 fully saturated rings. The number of rotatable bonds is 4.